The molecule has 0 aliphatic heterocycles. The predicted molar refractivity (Wildman–Crippen MR) is 69.4 cm³/mol. The standard InChI is InChI=1S/C11H14N6O3/c1-16-5-8(4-14-16)15-11(20)12-2-3-17-6-9(10(18)19)13-7-17/h4-7H,2-3H2,1H3,(H,18,19)(H2,12,15,20). The van der Waals surface area contributed by atoms with E-state index in [4.69, 9.17) is 5.11 Å². The summed E-state index contributed by atoms with van der Waals surface area (Å²) in [7, 11) is 1.75. The van der Waals surface area contributed by atoms with Gasteiger partial charge in [0.2, 0.25) is 0 Å². The number of carboxylic acid groups (broad SMARTS) is 1. The number of rotatable bonds is 5. The number of carbonyl (C=O) groups excluding carboxylic acids is 1. The van der Waals surface area contributed by atoms with E-state index in [2.05, 4.69) is 20.7 Å². The number of urea groups is 1. The summed E-state index contributed by atoms with van der Waals surface area (Å²) in [5.74, 6) is -1.08. The first-order valence-electron chi connectivity index (χ1n) is 5.83. The number of anilines is 1. The Labute approximate surface area is 114 Å². The lowest BCUT2D eigenvalue weighted by atomic mass is 10.5. The number of imidazole rings is 1. The van der Waals surface area contributed by atoms with Crippen molar-refractivity contribution in [3.8, 4) is 0 Å². The number of carbonyl (C=O) groups is 2. The molecule has 0 fully saturated rings. The normalized spacial score (nSPS) is 10.2. The van der Waals surface area contributed by atoms with Crippen LogP contribution in [0, 0.1) is 0 Å². The van der Waals surface area contributed by atoms with Crippen LogP contribution in [0.5, 0.6) is 0 Å². The van der Waals surface area contributed by atoms with Crippen molar-refractivity contribution < 1.29 is 14.7 Å². The highest BCUT2D eigenvalue weighted by molar-refractivity contribution is 5.88. The Morgan fingerprint density at radius 2 is 2.20 bits per heavy atom. The highest BCUT2D eigenvalue weighted by atomic mass is 16.4. The number of carboxylic acids is 1. The number of hydrogen-bond donors (Lipinski definition) is 3. The fourth-order valence-corrected chi connectivity index (χ4v) is 1.55. The van der Waals surface area contributed by atoms with Gasteiger partial charge in [-0.15, -0.1) is 0 Å². The molecule has 0 saturated heterocycles. The first-order valence-corrected chi connectivity index (χ1v) is 5.83. The van der Waals surface area contributed by atoms with Crippen LogP contribution in [-0.2, 0) is 13.6 Å². The van der Waals surface area contributed by atoms with Crippen LogP contribution in [0.3, 0.4) is 0 Å². The van der Waals surface area contributed by atoms with Gasteiger partial charge in [-0.25, -0.2) is 14.6 Å². The Kier molecular flexibility index (Phi) is 3.99. The van der Waals surface area contributed by atoms with Gasteiger partial charge in [0, 0.05) is 32.5 Å². The van der Waals surface area contributed by atoms with Crippen molar-refractivity contribution in [1.82, 2.24) is 24.6 Å². The lowest BCUT2D eigenvalue weighted by molar-refractivity contribution is 0.0691. The molecule has 106 valence electrons. The summed E-state index contributed by atoms with van der Waals surface area (Å²) < 4.78 is 3.17. The molecule has 20 heavy (non-hydrogen) atoms. The number of aromatic nitrogens is 4. The zero-order valence-electron chi connectivity index (χ0n) is 10.8. The second-order valence-corrected chi connectivity index (χ2v) is 4.09. The van der Waals surface area contributed by atoms with E-state index in [1.165, 1.54) is 18.7 Å². The molecule has 0 atom stereocenters. The van der Waals surface area contributed by atoms with Crippen molar-refractivity contribution in [2.24, 2.45) is 7.05 Å². The zero-order chi connectivity index (χ0) is 14.5. The highest BCUT2D eigenvalue weighted by Crippen LogP contribution is 2.02. The zero-order valence-corrected chi connectivity index (χ0v) is 10.8. The summed E-state index contributed by atoms with van der Waals surface area (Å²) in [4.78, 5) is 25.9. The van der Waals surface area contributed by atoms with E-state index in [-0.39, 0.29) is 11.7 Å². The number of nitrogens with one attached hydrogen (secondary N) is 2. The Morgan fingerprint density at radius 1 is 1.40 bits per heavy atom. The third kappa shape index (κ3) is 3.57. The summed E-state index contributed by atoms with van der Waals surface area (Å²) in [6, 6.07) is -0.350. The van der Waals surface area contributed by atoms with Crippen LogP contribution in [0.1, 0.15) is 10.5 Å². The molecule has 2 rings (SSSR count). The Bertz CT molecular complexity index is 617. The van der Waals surface area contributed by atoms with Crippen molar-refractivity contribution in [2.45, 2.75) is 6.54 Å². The van der Waals surface area contributed by atoms with Crippen molar-refractivity contribution >= 4 is 17.7 Å². The van der Waals surface area contributed by atoms with Gasteiger partial charge in [-0.3, -0.25) is 4.68 Å². The average Bonchev–Trinajstić information content (AvgIpc) is 2.99. The molecule has 9 nitrogen and oxygen atoms in total. The van der Waals surface area contributed by atoms with Crippen molar-refractivity contribution in [3.63, 3.8) is 0 Å². The Morgan fingerprint density at radius 3 is 2.80 bits per heavy atom. The quantitative estimate of drug-likeness (QED) is 0.719. The largest absolute Gasteiger partial charge is 0.476 e. The van der Waals surface area contributed by atoms with Gasteiger partial charge in [-0.05, 0) is 0 Å². The molecule has 0 aromatic carbocycles. The van der Waals surface area contributed by atoms with E-state index in [1.807, 2.05) is 0 Å². The average molecular weight is 278 g/mol. The molecule has 3 N–H and O–H groups in total. The molecule has 2 amide bonds. The van der Waals surface area contributed by atoms with E-state index in [0.717, 1.165) is 0 Å². The maximum atomic E-state index is 11.5. The van der Waals surface area contributed by atoms with Crippen LogP contribution in [-0.4, -0.2) is 43.0 Å². The van der Waals surface area contributed by atoms with Crippen molar-refractivity contribution in [2.75, 3.05) is 11.9 Å². The SMILES string of the molecule is Cn1cc(NC(=O)NCCn2cnc(C(=O)O)c2)cn1. The van der Waals surface area contributed by atoms with Crippen LogP contribution in [0.25, 0.3) is 0 Å². The van der Waals surface area contributed by atoms with E-state index >= 15 is 0 Å². The van der Waals surface area contributed by atoms with Gasteiger partial charge in [0.25, 0.3) is 0 Å². The topological polar surface area (TPSA) is 114 Å². The lowest BCUT2D eigenvalue weighted by Gasteiger charge is -2.06. The van der Waals surface area contributed by atoms with E-state index < -0.39 is 5.97 Å². The molecule has 2 heterocycles. The molecule has 0 spiro atoms. The van der Waals surface area contributed by atoms with Gasteiger partial charge in [0.1, 0.15) is 0 Å². The highest BCUT2D eigenvalue weighted by Gasteiger charge is 2.06. The van der Waals surface area contributed by atoms with Crippen molar-refractivity contribution in [3.05, 3.63) is 30.6 Å². The molecule has 0 aliphatic carbocycles. The van der Waals surface area contributed by atoms with Gasteiger partial charge in [0.05, 0.1) is 18.2 Å². The number of aryl methyl sites for hydroxylation is 1. The molecule has 0 aliphatic rings. The van der Waals surface area contributed by atoms with Gasteiger partial charge in [-0.1, -0.05) is 0 Å². The van der Waals surface area contributed by atoms with Crippen LogP contribution < -0.4 is 10.6 Å². The molecule has 2 aromatic heterocycles. The third-order valence-electron chi connectivity index (χ3n) is 2.47. The summed E-state index contributed by atoms with van der Waals surface area (Å²) in [5.41, 5.74) is 0.575. The molecular weight excluding hydrogens is 264 g/mol. The summed E-state index contributed by atoms with van der Waals surface area (Å²) in [6.07, 6.45) is 6.02. The predicted octanol–water partition coefficient (Wildman–Crippen LogP) is 0.136. The van der Waals surface area contributed by atoms with Crippen LogP contribution in [0.4, 0.5) is 10.5 Å². The second kappa shape index (κ2) is 5.87. The number of amides is 2. The molecule has 0 radical (unpaired) electrons. The summed E-state index contributed by atoms with van der Waals surface area (Å²) >= 11 is 0. The smallest absolute Gasteiger partial charge is 0.356 e. The Balaban J connectivity index is 1.74. The van der Waals surface area contributed by atoms with Gasteiger partial charge in [0.15, 0.2) is 5.69 Å². The second-order valence-electron chi connectivity index (χ2n) is 4.09. The van der Waals surface area contributed by atoms with Crippen LogP contribution in [0.15, 0.2) is 24.9 Å². The monoisotopic (exact) mass is 278 g/mol. The maximum absolute atomic E-state index is 11.5. The van der Waals surface area contributed by atoms with Crippen LogP contribution >= 0.6 is 0 Å². The van der Waals surface area contributed by atoms with Crippen LogP contribution in [0.2, 0.25) is 0 Å². The van der Waals surface area contributed by atoms with Gasteiger partial charge in [-0.2, -0.15) is 5.10 Å². The van der Waals surface area contributed by atoms with Gasteiger partial charge < -0.3 is 20.3 Å². The fraction of sp³-hybridized carbons (Fsp3) is 0.273. The van der Waals surface area contributed by atoms with Gasteiger partial charge >= 0.3 is 12.0 Å². The summed E-state index contributed by atoms with van der Waals surface area (Å²) in [6.45, 7) is 0.780. The Hall–Kier alpha value is -2.84. The summed E-state index contributed by atoms with van der Waals surface area (Å²) in [5, 5.41) is 17.9. The molecule has 9 heteroatoms. The molecule has 0 unspecified atom stereocenters. The number of aromatic carboxylic acids is 1. The minimum atomic E-state index is -1.08. The minimum Gasteiger partial charge on any atom is -0.476 e. The van der Waals surface area contributed by atoms with E-state index in [0.29, 0.717) is 18.8 Å². The first kappa shape index (κ1) is 13.6. The minimum absolute atomic E-state index is 0.0233. The third-order valence-corrected chi connectivity index (χ3v) is 2.47. The molecular formula is C11H14N6O3. The number of hydrogen-bond acceptors (Lipinski definition) is 4. The first-order chi connectivity index (χ1) is 9.54. The molecule has 0 saturated carbocycles. The fourth-order valence-electron chi connectivity index (χ4n) is 1.55. The maximum Gasteiger partial charge on any atom is 0.356 e. The number of nitrogens with zero attached hydrogens (tertiary/aromatic N) is 4. The van der Waals surface area contributed by atoms with E-state index in [1.54, 1.807) is 22.5 Å². The lowest BCUT2D eigenvalue weighted by Crippen LogP contribution is -2.31. The van der Waals surface area contributed by atoms with Crippen molar-refractivity contribution in [1.29, 1.82) is 0 Å². The molecule has 0 bridgehead atoms. The molecule has 2 aromatic rings. The van der Waals surface area contributed by atoms with E-state index in [9.17, 15) is 9.59 Å².